The monoisotopic (exact) mass is 365 g/mol. The third-order valence-electron chi connectivity index (χ3n) is 2.71. The van der Waals surface area contributed by atoms with E-state index < -0.39 is 0 Å². The molecule has 2 rings (SSSR count). The van der Waals surface area contributed by atoms with Gasteiger partial charge in [0.2, 0.25) is 0 Å². The molecule has 0 aliphatic rings. The maximum atomic E-state index is 8.60. The van der Waals surface area contributed by atoms with Gasteiger partial charge < -0.3 is 9.47 Å². The normalized spacial score (nSPS) is 9.95. The van der Waals surface area contributed by atoms with Gasteiger partial charge >= 0.3 is 0 Å². The average Bonchev–Trinajstić information content (AvgIpc) is 2.47. The van der Waals surface area contributed by atoms with Crippen LogP contribution in [0.25, 0.3) is 0 Å². The lowest BCUT2D eigenvalue weighted by Crippen LogP contribution is -2.09. The van der Waals surface area contributed by atoms with Crippen molar-refractivity contribution >= 4 is 27.5 Å². The van der Waals surface area contributed by atoms with E-state index in [1.807, 2.05) is 30.3 Å². The summed E-state index contributed by atoms with van der Waals surface area (Å²) in [5.41, 5.74) is 0.978. The summed E-state index contributed by atoms with van der Waals surface area (Å²) in [5, 5.41) is 9.26. The first kappa shape index (κ1) is 15.7. The summed E-state index contributed by atoms with van der Waals surface area (Å²) >= 11 is 9.25. The zero-order valence-corrected chi connectivity index (χ0v) is 13.5. The van der Waals surface area contributed by atoms with E-state index in [-0.39, 0.29) is 0 Å². The van der Waals surface area contributed by atoms with Crippen molar-refractivity contribution in [1.29, 1.82) is 5.26 Å². The van der Waals surface area contributed by atoms with Crippen LogP contribution in [-0.4, -0.2) is 13.2 Å². The van der Waals surface area contributed by atoms with Gasteiger partial charge in [0, 0.05) is 5.02 Å². The van der Waals surface area contributed by atoms with Gasteiger partial charge in [-0.2, -0.15) is 5.26 Å². The van der Waals surface area contributed by atoms with E-state index in [1.54, 1.807) is 12.1 Å². The molecule has 0 aliphatic heterocycles. The smallest absolute Gasteiger partial charge is 0.133 e. The molecule has 0 spiro atoms. The molecular formula is C16H13BrClNO2. The molecule has 0 amide bonds. The molecule has 0 bridgehead atoms. The molecule has 2 aromatic rings. The molecule has 0 saturated carbocycles. The first-order valence-corrected chi connectivity index (χ1v) is 7.52. The van der Waals surface area contributed by atoms with Gasteiger partial charge in [-0.1, -0.05) is 23.7 Å². The molecule has 21 heavy (non-hydrogen) atoms. The molecule has 0 saturated heterocycles. The molecule has 0 aromatic heterocycles. The third kappa shape index (κ3) is 4.96. The number of nitrogens with zero attached hydrogens (tertiary/aromatic N) is 1. The van der Waals surface area contributed by atoms with Crippen LogP contribution in [0.4, 0.5) is 0 Å². The van der Waals surface area contributed by atoms with Crippen molar-refractivity contribution in [2.75, 3.05) is 13.2 Å². The Balaban J connectivity index is 1.78. The number of hydrogen-bond acceptors (Lipinski definition) is 3. The molecule has 3 nitrogen and oxygen atoms in total. The quantitative estimate of drug-likeness (QED) is 0.700. The van der Waals surface area contributed by atoms with E-state index in [0.29, 0.717) is 24.7 Å². The summed E-state index contributed by atoms with van der Waals surface area (Å²) in [4.78, 5) is 0. The van der Waals surface area contributed by atoms with Gasteiger partial charge in [-0.05, 0) is 51.8 Å². The first-order chi connectivity index (χ1) is 10.2. The Bertz CT molecular complexity index is 638. The van der Waals surface area contributed by atoms with E-state index in [1.165, 1.54) is 0 Å². The number of benzene rings is 2. The SMILES string of the molecule is N#CCc1ccc(OCCOc2ccc(Cl)cc2Br)cc1. The number of rotatable bonds is 6. The van der Waals surface area contributed by atoms with Crippen LogP contribution >= 0.6 is 27.5 Å². The molecule has 0 atom stereocenters. The lowest BCUT2D eigenvalue weighted by Gasteiger charge is -2.10. The van der Waals surface area contributed by atoms with Crippen molar-refractivity contribution in [2.45, 2.75) is 6.42 Å². The van der Waals surface area contributed by atoms with E-state index in [0.717, 1.165) is 21.5 Å². The second-order valence-electron chi connectivity index (χ2n) is 4.25. The predicted octanol–water partition coefficient (Wildman–Crippen LogP) is 4.63. The topological polar surface area (TPSA) is 42.2 Å². The Morgan fingerprint density at radius 3 is 2.43 bits per heavy atom. The maximum Gasteiger partial charge on any atom is 0.133 e. The lowest BCUT2D eigenvalue weighted by atomic mass is 10.2. The zero-order valence-electron chi connectivity index (χ0n) is 11.2. The molecule has 0 aliphatic carbocycles. The zero-order chi connectivity index (χ0) is 15.1. The molecule has 2 aromatic carbocycles. The van der Waals surface area contributed by atoms with Gasteiger partial charge in [-0.3, -0.25) is 0 Å². The van der Waals surface area contributed by atoms with Crippen LogP contribution in [0.3, 0.4) is 0 Å². The average molecular weight is 367 g/mol. The minimum atomic E-state index is 0.411. The van der Waals surface area contributed by atoms with Crippen molar-refractivity contribution in [3.05, 3.63) is 57.5 Å². The predicted molar refractivity (Wildman–Crippen MR) is 85.9 cm³/mol. The van der Waals surface area contributed by atoms with Crippen LogP contribution in [0.2, 0.25) is 5.02 Å². The standard InChI is InChI=1S/C16H13BrClNO2/c17-15-11-13(18)3-6-16(15)21-10-9-20-14-4-1-12(2-5-14)7-8-19/h1-6,11H,7,9-10H2. The van der Waals surface area contributed by atoms with Crippen LogP contribution in [0.15, 0.2) is 46.9 Å². The highest BCUT2D eigenvalue weighted by molar-refractivity contribution is 9.10. The largest absolute Gasteiger partial charge is 0.490 e. The Kier molecular flexibility index (Phi) is 5.91. The molecule has 0 radical (unpaired) electrons. The van der Waals surface area contributed by atoms with Crippen molar-refractivity contribution in [3.8, 4) is 17.6 Å². The molecule has 0 fully saturated rings. The lowest BCUT2D eigenvalue weighted by molar-refractivity contribution is 0.216. The second-order valence-corrected chi connectivity index (χ2v) is 5.54. The van der Waals surface area contributed by atoms with E-state index in [2.05, 4.69) is 22.0 Å². The van der Waals surface area contributed by atoms with E-state index >= 15 is 0 Å². The number of ether oxygens (including phenoxy) is 2. The van der Waals surface area contributed by atoms with Gasteiger partial charge in [0.1, 0.15) is 24.7 Å². The maximum absolute atomic E-state index is 8.60. The van der Waals surface area contributed by atoms with Crippen LogP contribution in [0.1, 0.15) is 5.56 Å². The molecule has 108 valence electrons. The summed E-state index contributed by atoms with van der Waals surface area (Å²) in [6, 6.07) is 14.9. The minimum Gasteiger partial charge on any atom is -0.490 e. The fourth-order valence-corrected chi connectivity index (χ4v) is 2.50. The van der Waals surface area contributed by atoms with Crippen LogP contribution in [0, 0.1) is 11.3 Å². The van der Waals surface area contributed by atoms with Gasteiger partial charge in [-0.25, -0.2) is 0 Å². The first-order valence-electron chi connectivity index (χ1n) is 6.35. The fraction of sp³-hybridized carbons (Fsp3) is 0.188. The van der Waals surface area contributed by atoms with Gasteiger partial charge in [0.05, 0.1) is 17.0 Å². The molecular weight excluding hydrogens is 354 g/mol. The van der Waals surface area contributed by atoms with Crippen molar-refractivity contribution in [2.24, 2.45) is 0 Å². The summed E-state index contributed by atoms with van der Waals surface area (Å²) in [6.45, 7) is 0.868. The molecule has 5 heteroatoms. The van der Waals surface area contributed by atoms with Crippen LogP contribution < -0.4 is 9.47 Å². The van der Waals surface area contributed by atoms with Gasteiger partial charge in [0.15, 0.2) is 0 Å². The van der Waals surface area contributed by atoms with Gasteiger partial charge in [-0.15, -0.1) is 0 Å². The Labute approximate surface area is 137 Å². The summed E-state index contributed by atoms with van der Waals surface area (Å²) < 4.78 is 12.0. The number of halogens is 2. The summed E-state index contributed by atoms with van der Waals surface area (Å²) in [6.07, 6.45) is 0.411. The van der Waals surface area contributed by atoms with Gasteiger partial charge in [0.25, 0.3) is 0 Å². The van der Waals surface area contributed by atoms with Crippen molar-refractivity contribution < 1.29 is 9.47 Å². The van der Waals surface area contributed by atoms with E-state index in [4.69, 9.17) is 26.3 Å². The Hall–Kier alpha value is -1.70. The second kappa shape index (κ2) is 7.92. The third-order valence-corrected chi connectivity index (χ3v) is 3.56. The number of nitriles is 1. The van der Waals surface area contributed by atoms with Crippen LogP contribution in [-0.2, 0) is 6.42 Å². The Morgan fingerprint density at radius 2 is 1.76 bits per heavy atom. The Morgan fingerprint density at radius 1 is 1.05 bits per heavy atom. The molecule has 0 unspecified atom stereocenters. The minimum absolute atomic E-state index is 0.411. The van der Waals surface area contributed by atoms with Crippen LogP contribution in [0.5, 0.6) is 11.5 Å². The van der Waals surface area contributed by atoms with Crippen molar-refractivity contribution in [1.82, 2.24) is 0 Å². The summed E-state index contributed by atoms with van der Waals surface area (Å²) in [5.74, 6) is 1.49. The molecule has 0 heterocycles. The highest BCUT2D eigenvalue weighted by Crippen LogP contribution is 2.27. The molecule has 0 N–H and O–H groups in total. The van der Waals surface area contributed by atoms with E-state index in [9.17, 15) is 0 Å². The highest BCUT2D eigenvalue weighted by atomic mass is 79.9. The highest BCUT2D eigenvalue weighted by Gasteiger charge is 2.02. The van der Waals surface area contributed by atoms with Crippen molar-refractivity contribution in [3.63, 3.8) is 0 Å². The number of hydrogen-bond donors (Lipinski definition) is 0. The summed E-state index contributed by atoms with van der Waals surface area (Å²) in [7, 11) is 0. The fourth-order valence-electron chi connectivity index (χ4n) is 1.70.